The van der Waals surface area contributed by atoms with Crippen molar-refractivity contribution in [3.05, 3.63) is 0 Å². The monoisotopic (exact) mass is 205 g/mol. The van der Waals surface area contributed by atoms with Gasteiger partial charge in [-0.2, -0.15) is 0 Å². The Bertz CT molecular complexity index is 104. The van der Waals surface area contributed by atoms with Crippen LogP contribution in [0.3, 0.4) is 0 Å². The number of alkyl halides is 1. The molecule has 0 fully saturated rings. The van der Waals surface area contributed by atoms with E-state index in [1.54, 1.807) is 0 Å². The van der Waals surface area contributed by atoms with Crippen molar-refractivity contribution < 1.29 is 0 Å². The number of unbranched alkanes of at least 4 members (excludes halogenated alkanes) is 1. The van der Waals surface area contributed by atoms with E-state index in [0.29, 0.717) is 6.04 Å². The highest BCUT2D eigenvalue weighted by Gasteiger charge is 2.05. The molecule has 13 heavy (non-hydrogen) atoms. The Labute approximate surface area is 88.2 Å². The van der Waals surface area contributed by atoms with Gasteiger partial charge in [0.1, 0.15) is 0 Å². The number of nitrogens with one attached hydrogen (secondary N) is 1. The molecule has 1 atom stereocenters. The quantitative estimate of drug-likeness (QED) is 0.473. The molecule has 1 N–H and O–H groups in total. The predicted octanol–water partition coefficient (Wildman–Crippen LogP) is 3.42. The van der Waals surface area contributed by atoms with Crippen LogP contribution in [0.15, 0.2) is 0 Å². The van der Waals surface area contributed by atoms with Gasteiger partial charge in [-0.3, -0.25) is 0 Å². The highest BCUT2D eigenvalue weighted by molar-refractivity contribution is 6.17. The van der Waals surface area contributed by atoms with Crippen LogP contribution < -0.4 is 5.32 Å². The average Bonchev–Trinajstić information content (AvgIpc) is 2.10. The number of hydrogen-bond donors (Lipinski definition) is 1. The van der Waals surface area contributed by atoms with Crippen molar-refractivity contribution in [1.29, 1.82) is 0 Å². The van der Waals surface area contributed by atoms with E-state index in [-0.39, 0.29) is 0 Å². The van der Waals surface area contributed by atoms with E-state index in [1.807, 2.05) is 0 Å². The Morgan fingerprint density at radius 2 is 1.92 bits per heavy atom. The van der Waals surface area contributed by atoms with Crippen molar-refractivity contribution in [3.8, 4) is 0 Å². The van der Waals surface area contributed by atoms with E-state index in [1.165, 1.54) is 19.3 Å². The van der Waals surface area contributed by atoms with E-state index in [9.17, 15) is 0 Å². The fraction of sp³-hybridized carbons (Fsp3) is 1.00. The zero-order chi connectivity index (χ0) is 10.1. The van der Waals surface area contributed by atoms with Gasteiger partial charge in [-0.25, -0.2) is 0 Å². The Hall–Kier alpha value is 0.250. The van der Waals surface area contributed by atoms with Crippen molar-refractivity contribution in [2.75, 3.05) is 12.4 Å². The van der Waals surface area contributed by atoms with Crippen LogP contribution in [0.1, 0.15) is 46.5 Å². The molecule has 80 valence electrons. The molecule has 0 aromatic heterocycles. The smallest absolute Gasteiger partial charge is 0.0223 e. The third-order valence-electron chi connectivity index (χ3n) is 2.24. The minimum Gasteiger partial charge on any atom is -0.314 e. The van der Waals surface area contributed by atoms with Gasteiger partial charge in [-0.1, -0.05) is 27.2 Å². The molecule has 2 heteroatoms. The third-order valence-corrected chi connectivity index (χ3v) is 2.51. The fourth-order valence-corrected chi connectivity index (χ4v) is 1.53. The molecule has 0 aliphatic heterocycles. The topological polar surface area (TPSA) is 12.0 Å². The number of halogens is 1. The summed E-state index contributed by atoms with van der Waals surface area (Å²) in [4.78, 5) is 0. The molecule has 0 aromatic carbocycles. The minimum atomic E-state index is 0.700. The molecule has 1 unspecified atom stereocenters. The summed E-state index contributed by atoms with van der Waals surface area (Å²) in [5, 5.41) is 3.58. The molecule has 0 radical (unpaired) electrons. The van der Waals surface area contributed by atoms with E-state index < -0.39 is 0 Å². The van der Waals surface area contributed by atoms with E-state index in [4.69, 9.17) is 11.6 Å². The van der Waals surface area contributed by atoms with Gasteiger partial charge in [-0.05, 0) is 31.7 Å². The summed E-state index contributed by atoms with van der Waals surface area (Å²) in [5.74, 6) is 1.56. The van der Waals surface area contributed by atoms with Gasteiger partial charge in [0.05, 0.1) is 0 Å². The molecule has 0 rings (SSSR count). The maximum Gasteiger partial charge on any atom is 0.0223 e. The Morgan fingerprint density at radius 3 is 2.38 bits per heavy atom. The normalized spacial score (nSPS) is 13.6. The lowest BCUT2D eigenvalue weighted by atomic mass is 10.1. The molecule has 0 heterocycles. The first-order valence-electron chi connectivity index (χ1n) is 5.50. The molecule has 0 spiro atoms. The average molecular weight is 206 g/mol. The maximum atomic E-state index is 5.64. The van der Waals surface area contributed by atoms with Crippen LogP contribution in [-0.2, 0) is 0 Å². The molecule has 0 bridgehead atoms. The Morgan fingerprint density at radius 1 is 1.23 bits per heavy atom. The van der Waals surface area contributed by atoms with Gasteiger partial charge >= 0.3 is 0 Å². The van der Waals surface area contributed by atoms with Gasteiger partial charge in [0.2, 0.25) is 0 Å². The molecule has 0 aliphatic rings. The van der Waals surface area contributed by atoms with Crippen molar-refractivity contribution in [2.24, 2.45) is 5.92 Å². The molecule has 0 saturated heterocycles. The summed E-state index contributed by atoms with van der Waals surface area (Å²) >= 11 is 5.64. The molecule has 1 nitrogen and oxygen atoms in total. The summed E-state index contributed by atoms with van der Waals surface area (Å²) in [7, 11) is 0. The van der Waals surface area contributed by atoms with Crippen molar-refractivity contribution in [2.45, 2.75) is 52.5 Å². The van der Waals surface area contributed by atoms with E-state index in [2.05, 4.69) is 26.1 Å². The molecular formula is C11H24ClN. The highest BCUT2D eigenvalue weighted by Crippen LogP contribution is 2.05. The SMILES string of the molecule is CCC(CCCCCl)NCC(C)C. The van der Waals surface area contributed by atoms with Crippen LogP contribution in [0.2, 0.25) is 0 Å². The lowest BCUT2D eigenvalue weighted by Gasteiger charge is -2.17. The zero-order valence-corrected chi connectivity index (χ0v) is 10.0. The first-order valence-corrected chi connectivity index (χ1v) is 6.03. The van der Waals surface area contributed by atoms with E-state index >= 15 is 0 Å². The van der Waals surface area contributed by atoms with Gasteiger partial charge in [0.25, 0.3) is 0 Å². The maximum absolute atomic E-state index is 5.64. The van der Waals surface area contributed by atoms with Crippen molar-refractivity contribution in [1.82, 2.24) is 5.32 Å². The molecule has 0 aliphatic carbocycles. The van der Waals surface area contributed by atoms with Crippen LogP contribution in [0.4, 0.5) is 0 Å². The highest BCUT2D eigenvalue weighted by atomic mass is 35.5. The lowest BCUT2D eigenvalue weighted by Crippen LogP contribution is -2.31. The largest absolute Gasteiger partial charge is 0.314 e. The Balaban J connectivity index is 3.39. The summed E-state index contributed by atoms with van der Waals surface area (Å²) in [5.41, 5.74) is 0. The second kappa shape index (κ2) is 8.83. The first-order chi connectivity index (χ1) is 6.20. The van der Waals surface area contributed by atoms with Gasteiger partial charge in [-0.15, -0.1) is 11.6 Å². The fourth-order valence-electron chi connectivity index (χ4n) is 1.34. The standard InChI is InChI=1S/C11H24ClN/c1-4-11(7-5-6-8-12)13-9-10(2)3/h10-11,13H,4-9H2,1-3H3. The van der Waals surface area contributed by atoms with Crippen LogP contribution in [0.25, 0.3) is 0 Å². The van der Waals surface area contributed by atoms with Gasteiger partial charge in [0.15, 0.2) is 0 Å². The summed E-state index contributed by atoms with van der Waals surface area (Å²) < 4.78 is 0. The van der Waals surface area contributed by atoms with Crippen molar-refractivity contribution >= 4 is 11.6 Å². The van der Waals surface area contributed by atoms with Crippen LogP contribution in [0.5, 0.6) is 0 Å². The number of rotatable bonds is 8. The van der Waals surface area contributed by atoms with Gasteiger partial charge in [0, 0.05) is 11.9 Å². The summed E-state index contributed by atoms with van der Waals surface area (Å²) in [6.07, 6.45) is 4.92. The zero-order valence-electron chi connectivity index (χ0n) is 9.28. The molecule has 0 saturated carbocycles. The van der Waals surface area contributed by atoms with Gasteiger partial charge < -0.3 is 5.32 Å². The molecular weight excluding hydrogens is 182 g/mol. The molecule has 0 aromatic rings. The number of hydrogen-bond acceptors (Lipinski definition) is 1. The van der Waals surface area contributed by atoms with Crippen LogP contribution in [-0.4, -0.2) is 18.5 Å². The lowest BCUT2D eigenvalue weighted by molar-refractivity contribution is 0.422. The molecule has 0 amide bonds. The van der Waals surface area contributed by atoms with Crippen LogP contribution in [0, 0.1) is 5.92 Å². The second-order valence-corrected chi connectivity index (χ2v) is 4.47. The van der Waals surface area contributed by atoms with E-state index in [0.717, 1.165) is 24.8 Å². The second-order valence-electron chi connectivity index (χ2n) is 4.09. The van der Waals surface area contributed by atoms with Crippen molar-refractivity contribution in [3.63, 3.8) is 0 Å². The predicted molar refractivity (Wildman–Crippen MR) is 61.5 cm³/mol. The Kier molecular flexibility index (Phi) is 9.00. The third kappa shape index (κ3) is 8.58. The van der Waals surface area contributed by atoms with Crippen LogP contribution >= 0.6 is 11.6 Å². The first kappa shape index (κ1) is 13.2. The minimum absolute atomic E-state index is 0.700. The summed E-state index contributed by atoms with van der Waals surface area (Å²) in [6, 6.07) is 0.700. The summed E-state index contributed by atoms with van der Waals surface area (Å²) in [6.45, 7) is 7.88.